The number of nitrogens with one attached hydrogen (secondary N) is 2. The lowest BCUT2D eigenvalue weighted by Gasteiger charge is -2.16. The number of hydrogen-bond donors (Lipinski definition) is 4. The zero-order chi connectivity index (χ0) is 24.1. The van der Waals surface area contributed by atoms with Gasteiger partial charge in [-0.25, -0.2) is 8.78 Å². The van der Waals surface area contributed by atoms with Crippen LogP contribution in [0, 0.1) is 18.6 Å². The van der Waals surface area contributed by atoms with Crippen molar-refractivity contribution >= 4 is 34.2 Å². The molecule has 0 aliphatic heterocycles. The Morgan fingerprint density at radius 1 is 1.24 bits per heavy atom. The van der Waals surface area contributed by atoms with E-state index in [2.05, 4.69) is 26.2 Å². The van der Waals surface area contributed by atoms with E-state index in [0.29, 0.717) is 16.8 Å². The molecule has 0 saturated carbocycles. The molecule has 182 valence electrons. The normalized spacial score (nSPS) is 11.5. The van der Waals surface area contributed by atoms with Crippen molar-refractivity contribution in [1.82, 2.24) is 10.3 Å². The number of H-pyrrole nitrogens is 1. The van der Waals surface area contributed by atoms with Gasteiger partial charge in [-0.15, -0.1) is 12.4 Å². The van der Waals surface area contributed by atoms with Gasteiger partial charge in [-0.3, -0.25) is 9.59 Å². The Hall–Kier alpha value is -2.79. The first-order valence-electron chi connectivity index (χ1n) is 9.93. The summed E-state index contributed by atoms with van der Waals surface area (Å²) < 4.78 is 33.2. The number of aryl methyl sites for hydroxylation is 1. The molecule has 0 saturated heterocycles. The Bertz CT molecular complexity index is 1220. The number of halogens is 4. The topological polar surface area (TPSA) is 117 Å². The SMILES string of the molecule is Cc1[nH]c(=O)c(Br)c(OCc2ccc(F)cc2F)c1-c1ccc(CNC(=O)[C@@H](N)CO)cc1.Cl. The van der Waals surface area contributed by atoms with E-state index in [1.54, 1.807) is 31.2 Å². The van der Waals surface area contributed by atoms with Gasteiger partial charge in [0.1, 0.15) is 34.5 Å². The number of ether oxygens (including phenoxy) is 1. The van der Waals surface area contributed by atoms with Gasteiger partial charge in [0.25, 0.3) is 5.56 Å². The second kappa shape index (κ2) is 12.1. The number of amides is 1. The lowest BCUT2D eigenvalue weighted by atomic mass is 10.0. The molecule has 7 nitrogen and oxygen atoms in total. The summed E-state index contributed by atoms with van der Waals surface area (Å²) in [6.45, 7) is 1.26. The van der Waals surface area contributed by atoms with Crippen molar-refractivity contribution in [3.63, 3.8) is 0 Å². The number of hydrogen-bond acceptors (Lipinski definition) is 5. The minimum Gasteiger partial charge on any atom is -0.487 e. The average molecular weight is 559 g/mol. The highest BCUT2D eigenvalue weighted by atomic mass is 79.9. The van der Waals surface area contributed by atoms with Crippen LogP contribution in [0.4, 0.5) is 8.78 Å². The predicted octanol–water partition coefficient (Wildman–Crippen LogP) is 3.33. The molecule has 1 aromatic heterocycles. The van der Waals surface area contributed by atoms with Crippen LogP contribution in [-0.4, -0.2) is 28.6 Å². The van der Waals surface area contributed by atoms with Gasteiger partial charge in [0.05, 0.1) is 6.61 Å². The first-order valence-corrected chi connectivity index (χ1v) is 10.7. The lowest BCUT2D eigenvalue weighted by molar-refractivity contribution is -0.123. The number of carbonyl (C=O) groups excluding carboxylic acids is 1. The quantitative estimate of drug-likeness (QED) is 0.338. The second-order valence-corrected chi connectivity index (χ2v) is 8.12. The number of carbonyl (C=O) groups is 1. The summed E-state index contributed by atoms with van der Waals surface area (Å²) in [6.07, 6.45) is 0. The highest BCUT2D eigenvalue weighted by molar-refractivity contribution is 9.10. The van der Waals surface area contributed by atoms with Crippen molar-refractivity contribution < 1.29 is 23.4 Å². The molecule has 0 fully saturated rings. The van der Waals surface area contributed by atoms with Gasteiger partial charge < -0.3 is 25.9 Å². The van der Waals surface area contributed by atoms with Crippen molar-refractivity contribution in [2.45, 2.75) is 26.1 Å². The van der Waals surface area contributed by atoms with E-state index in [1.165, 1.54) is 6.07 Å². The van der Waals surface area contributed by atoms with Gasteiger partial charge in [-0.2, -0.15) is 0 Å². The number of benzene rings is 2. The third-order valence-electron chi connectivity index (χ3n) is 4.93. The summed E-state index contributed by atoms with van der Waals surface area (Å²) in [5.74, 6) is -1.69. The number of nitrogens with two attached hydrogens (primary N) is 1. The molecular formula is C23H23BrClF2N3O4. The maximum Gasteiger partial charge on any atom is 0.266 e. The zero-order valence-corrected chi connectivity index (χ0v) is 20.4. The number of aromatic amines is 1. The van der Waals surface area contributed by atoms with Crippen LogP contribution in [0.1, 0.15) is 16.8 Å². The first-order chi connectivity index (χ1) is 15.7. The Morgan fingerprint density at radius 3 is 2.53 bits per heavy atom. The molecule has 0 radical (unpaired) electrons. The van der Waals surface area contributed by atoms with E-state index in [1.807, 2.05) is 0 Å². The monoisotopic (exact) mass is 557 g/mol. The molecule has 3 rings (SSSR count). The fraction of sp³-hybridized carbons (Fsp3) is 0.217. The van der Waals surface area contributed by atoms with Gasteiger partial charge in [0.2, 0.25) is 5.91 Å². The van der Waals surface area contributed by atoms with Crippen LogP contribution >= 0.6 is 28.3 Å². The van der Waals surface area contributed by atoms with Crippen molar-refractivity contribution in [3.8, 4) is 16.9 Å². The van der Waals surface area contributed by atoms with E-state index >= 15 is 0 Å². The van der Waals surface area contributed by atoms with Crippen LogP contribution < -0.4 is 21.3 Å². The molecule has 1 amide bonds. The Balaban J connectivity index is 0.00000408. The van der Waals surface area contributed by atoms with Crippen LogP contribution in [0.2, 0.25) is 0 Å². The van der Waals surface area contributed by atoms with Crippen molar-refractivity contribution in [1.29, 1.82) is 0 Å². The fourth-order valence-electron chi connectivity index (χ4n) is 3.14. The number of aliphatic hydroxyl groups is 1. The van der Waals surface area contributed by atoms with Gasteiger partial charge >= 0.3 is 0 Å². The molecule has 1 atom stereocenters. The molecule has 2 aromatic carbocycles. The molecule has 0 unspecified atom stereocenters. The van der Waals surface area contributed by atoms with E-state index < -0.39 is 35.7 Å². The number of pyridine rings is 1. The Morgan fingerprint density at radius 2 is 1.91 bits per heavy atom. The molecule has 5 N–H and O–H groups in total. The zero-order valence-electron chi connectivity index (χ0n) is 18.0. The van der Waals surface area contributed by atoms with Gasteiger partial charge in [-0.1, -0.05) is 24.3 Å². The predicted molar refractivity (Wildman–Crippen MR) is 130 cm³/mol. The van der Waals surface area contributed by atoms with E-state index in [4.69, 9.17) is 15.6 Å². The molecule has 1 heterocycles. The summed E-state index contributed by atoms with van der Waals surface area (Å²) in [7, 11) is 0. The fourth-order valence-corrected chi connectivity index (χ4v) is 3.55. The highest BCUT2D eigenvalue weighted by Crippen LogP contribution is 2.37. The van der Waals surface area contributed by atoms with Crippen molar-refractivity contribution in [2.24, 2.45) is 5.73 Å². The number of aliphatic hydroxyl groups excluding tert-OH is 1. The minimum absolute atomic E-state index is 0. The minimum atomic E-state index is -0.990. The number of aromatic nitrogens is 1. The molecular weight excluding hydrogens is 536 g/mol. The third kappa shape index (κ3) is 6.41. The summed E-state index contributed by atoms with van der Waals surface area (Å²) in [4.78, 5) is 26.7. The van der Waals surface area contributed by atoms with E-state index in [9.17, 15) is 18.4 Å². The maximum absolute atomic E-state index is 14.0. The summed E-state index contributed by atoms with van der Waals surface area (Å²) >= 11 is 3.24. The molecule has 3 aromatic rings. The standard InChI is InChI=1S/C23H22BrF2N3O4.ClH/c1-12-19(14-4-2-13(3-5-14)9-28-22(31)18(27)10-30)21(20(24)23(32)29-12)33-11-15-6-7-16(25)8-17(15)26;/h2-8,18,30H,9-11,27H2,1H3,(H,28,31)(H,29,32);1H/t18-;/m0./s1. The lowest BCUT2D eigenvalue weighted by Crippen LogP contribution is -2.42. The van der Waals surface area contributed by atoms with Crippen molar-refractivity contribution in [2.75, 3.05) is 6.61 Å². The van der Waals surface area contributed by atoms with Crippen LogP contribution in [0.25, 0.3) is 11.1 Å². The van der Waals surface area contributed by atoms with Crippen LogP contribution in [0.5, 0.6) is 5.75 Å². The third-order valence-corrected chi connectivity index (χ3v) is 5.65. The Kier molecular flexibility index (Phi) is 9.75. The highest BCUT2D eigenvalue weighted by Gasteiger charge is 2.18. The molecule has 0 bridgehead atoms. The molecule has 0 spiro atoms. The smallest absolute Gasteiger partial charge is 0.266 e. The maximum atomic E-state index is 14.0. The number of rotatable bonds is 8. The largest absolute Gasteiger partial charge is 0.487 e. The molecule has 0 aliphatic rings. The summed E-state index contributed by atoms with van der Waals surface area (Å²) in [5.41, 5.74) is 7.82. The van der Waals surface area contributed by atoms with E-state index in [0.717, 1.165) is 17.7 Å². The average Bonchev–Trinajstić information content (AvgIpc) is 2.79. The van der Waals surface area contributed by atoms with Crippen LogP contribution in [-0.2, 0) is 17.9 Å². The van der Waals surface area contributed by atoms with Crippen molar-refractivity contribution in [3.05, 3.63) is 85.7 Å². The van der Waals surface area contributed by atoms with E-state index in [-0.39, 0.29) is 41.3 Å². The molecule has 34 heavy (non-hydrogen) atoms. The summed E-state index contributed by atoms with van der Waals surface area (Å²) in [6, 6.07) is 9.32. The molecule has 0 aliphatic carbocycles. The van der Waals surface area contributed by atoms with Crippen LogP contribution in [0.3, 0.4) is 0 Å². The molecule has 11 heteroatoms. The van der Waals surface area contributed by atoms with Gasteiger partial charge in [-0.05, 0) is 46.1 Å². The van der Waals surface area contributed by atoms with Gasteiger partial charge in [0.15, 0.2) is 0 Å². The second-order valence-electron chi connectivity index (χ2n) is 7.33. The first kappa shape index (κ1) is 27.5. The Labute approximate surface area is 208 Å². The van der Waals surface area contributed by atoms with Crippen LogP contribution in [0.15, 0.2) is 51.7 Å². The summed E-state index contributed by atoms with van der Waals surface area (Å²) in [5, 5.41) is 11.6. The van der Waals surface area contributed by atoms with Gasteiger partial charge in [0, 0.05) is 29.4 Å².